The molecule has 0 atom stereocenters. The lowest BCUT2D eigenvalue weighted by atomic mass is 10.1. The molecule has 4 heteroatoms. The number of halogens is 1. The summed E-state index contributed by atoms with van der Waals surface area (Å²) in [6.45, 7) is 0. The van der Waals surface area contributed by atoms with E-state index in [1.807, 2.05) is 0 Å². The SMILES string of the molecule is COC(=O)c1c(F)cnc2ccccc12. The second-order valence-electron chi connectivity index (χ2n) is 2.99. The molecule has 2 aromatic rings. The minimum Gasteiger partial charge on any atom is -0.465 e. The summed E-state index contributed by atoms with van der Waals surface area (Å²) in [5, 5.41) is 0.462. The monoisotopic (exact) mass is 205 g/mol. The van der Waals surface area contributed by atoms with Gasteiger partial charge >= 0.3 is 5.97 Å². The molecule has 2 rings (SSSR count). The zero-order chi connectivity index (χ0) is 10.8. The highest BCUT2D eigenvalue weighted by Crippen LogP contribution is 2.19. The molecule has 0 aliphatic carbocycles. The molecule has 1 aromatic carbocycles. The van der Waals surface area contributed by atoms with E-state index in [4.69, 9.17) is 0 Å². The molecule has 15 heavy (non-hydrogen) atoms. The van der Waals surface area contributed by atoms with Crippen molar-refractivity contribution in [2.45, 2.75) is 0 Å². The zero-order valence-electron chi connectivity index (χ0n) is 8.03. The number of pyridine rings is 1. The molecule has 0 aliphatic rings. The number of carbonyl (C=O) groups excluding carboxylic acids is 1. The predicted molar refractivity (Wildman–Crippen MR) is 53.0 cm³/mol. The van der Waals surface area contributed by atoms with Gasteiger partial charge in [-0.25, -0.2) is 9.18 Å². The molecule has 0 bridgehead atoms. The maximum Gasteiger partial charge on any atom is 0.341 e. The summed E-state index contributed by atoms with van der Waals surface area (Å²) in [6.07, 6.45) is 1.02. The second kappa shape index (κ2) is 3.65. The molecule has 1 heterocycles. The summed E-state index contributed by atoms with van der Waals surface area (Å²) < 4.78 is 17.9. The molecule has 0 unspecified atom stereocenters. The number of nitrogens with zero attached hydrogens (tertiary/aromatic N) is 1. The molecule has 0 fully saturated rings. The van der Waals surface area contributed by atoms with E-state index in [2.05, 4.69) is 9.72 Å². The Kier molecular flexibility index (Phi) is 2.33. The van der Waals surface area contributed by atoms with Gasteiger partial charge in [-0.1, -0.05) is 18.2 Å². The van der Waals surface area contributed by atoms with Gasteiger partial charge in [0.2, 0.25) is 0 Å². The molecule has 76 valence electrons. The van der Waals surface area contributed by atoms with Gasteiger partial charge in [-0.2, -0.15) is 0 Å². The number of aromatic nitrogens is 1. The number of methoxy groups -OCH3 is 1. The first-order valence-electron chi connectivity index (χ1n) is 4.35. The topological polar surface area (TPSA) is 39.2 Å². The van der Waals surface area contributed by atoms with Gasteiger partial charge in [0.1, 0.15) is 5.56 Å². The summed E-state index contributed by atoms with van der Waals surface area (Å²) >= 11 is 0. The Morgan fingerprint density at radius 1 is 1.40 bits per heavy atom. The van der Waals surface area contributed by atoms with Gasteiger partial charge in [0.15, 0.2) is 5.82 Å². The van der Waals surface area contributed by atoms with Crippen LogP contribution in [0.3, 0.4) is 0 Å². The highest BCUT2D eigenvalue weighted by atomic mass is 19.1. The van der Waals surface area contributed by atoms with E-state index in [1.54, 1.807) is 24.3 Å². The van der Waals surface area contributed by atoms with E-state index in [9.17, 15) is 9.18 Å². The molecular weight excluding hydrogens is 197 g/mol. The van der Waals surface area contributed by atoms with Crippen molar-refractivity contribution in [3.05, 3.63) is 41.8 Å². The van der Waals surface area contributed by atoms with Crippen molar-refractivity contribution >= 4 is 16.9 Å². The summed E-state index contributed by atoms with van der Waals surface area (Å²) in [6, 6.07) is 6.84. The number of ether oxygens (including phenoxy) is 1. The number of hydrogen-bond acceptors (Lipinski definition) is 3. The van der Waals surface area contributed by atoms with Crippen LogP contribution in [0.1, 0.15) is 10.4 Å². The Morgan fingerprint density at radius 3 is 2.87 bits per heavy atom. The van der Waals surface area contributed by atoms with E-state index in [0.29, 0.717) is 10.9 Å². The van der Waals surface area contributed by atoms with Gasteiger partial charge < -0.3 is 4.74 Å². The molecule has 1 aromatic heterocycles. The van der Waals surface area contributed by atoms with Gasteiger partial charge in [-0.15, -0.1) is 0 Å². The summed E-state index contributed by atoms with van der Waals surface area (Å²) in [4.78, 5) is 15.2. The minimum absolute atomic E-state index is 0.0666. The van der Waals surface area contributed by atoms with Crippen LogP contribution in [0.5, 0.6) is 0 Å². The smallest absolute Gasteiger partial charge is 0.341 e. The fourth-order valence-electron chi connectivity index (χ4n) is 1.43. The highest BCUT2D eigenvalue weighted by molar-refractivity contribution is 6.03. The van der Waals surface area contributed by atoms with Crippen LogP contribution in [0.2, 0.25) is 0 Å². The molecule has 0 saturated heterocycles. The van der Waals surface area contributed by atoms with Crippen LogP contribution >= 0.6 is 0 Å². The first kappa shape index (κ1) is 9.58. The van der Waals surface area contributed by atoms with Crippen LogP contribution in [-0.4, -0.2) is 18.1 Å². The average Bonchev–Trinajstić information content (AvgIpc) is 2.28. The molecule has 0 spiro atoms. The quantitative estimate of drug-likeness (QED) is 0.669. The van der Waals surface area contributed by atoms with Gasteiger partial charge in [0.25, 0.3) is 0 Å². The van der Waals surface area contributed by atoms with Crippen molar-refractivity contribution in [2.75, 3.05) is 7.11 Å². The van der Waals surface area contributed by atoms with Crippen molar-refractivity contribution in [3.63, 3.8) is 0 Å². The second-order valence-corrected chi connectivity index (χ2v) is 2.99. The van der Waals surface area contributed by atoms with Gasteiger partial charge in [0, 0.05) is 5.39 Å². The van der Waals surface area contributed by atoms with Gasteiger partial charge in [0.05, 0.1) is 18.8 Å². The normalized spacial score (nSPS) is 10.3. The Morgan fingerprint density at radius 2 is 2.13 bits per heavy atom. The number of hydrogen-bond donors (Lipinski definition) is 0. The van der Waals surface area contributed by atoms with E-state index >= 15 is 0 Å². The lowest BCUT2D eigenvalue weighted by molar-refractivity contribution is 0.0598. The molecule has 0 amide bonds. The van der Waals surface area contributed by atoms with E-state index in [1.165, 1.54) is 7.11 Å². The van der Waals surface area contributed by atoms with Crippen molar-refractivity contribution in [3.8, 4) is 0 Å². The number of rotatable bonds is 1. The Hall–Kier alpha value is -1.97. The summed E-state index contributed by atoms with van der Waals surface area (Å²) in [5.41, 5.74) is 0.502. The first-order chi connectivity index (χ1) is 7.24. The standard InChI is InChI=1S/C11H8FNO2/c1-15-11(14)10-7-4-2-3-5-9(7)13-6-8(10)12/h2-6H,1H3. The van der Waals surface area contributed by atoms with E-state index in [0.717, 1.165) is 6.20 Å². The van der Waals surface area contributed by atoms with Crippen LogP contribution in [-0.2, 0) is 4.74 Å². The van der Waals surface area contributed by atoms with Crippen molar-refractivity contribution in [2.24, 2.45) is 0 Å². The third kappa shape index (κ3) is 1.54. The molecule has 0 saturated carbocycles. The maximum absolute atomic E-state index is 13.4. The lowest BCUT2D eigenvalue weighted by Gasteiger charge is -2.04. The Bertz CT molecular complexity index is 525. The van der Waals surface area contributed by atoms with Gasteiger partial charge in [-0.3, -0.25) is 4.98 Å². The van der Waals surface area contributed by atoms with Crippen molar-refractivity contribution < 1.29 is 13.9 Å². The number of carbonyl (C=O) groups is 1. The zero-order valence-corrected chi connectivity index (χ0v) is 8.03. The molecule has 3 nitrogen and oxygen atoms in total. The number of benzene rings is 1. The van der Waals surface area contributed by atoms with Crippen molar-refractivity contribution in [1.82, 2.24) is 4.98 Å². The maximum atomic E-state index is 13.4. The lowest BCUT2D eigenvalue weighted by Crippen LogP contribution is -2.06. The molecular formula is C11H8FNO2. The molecule has 0 radical (unpaired) electrons. The summed E-state index contributed by atoms with van der Waals surface area (Å²) in [7, 11) is 1.22. The van der Waals surface area contributed by atoms with E-state index < -0.39 is 11.8 Å². The van der Waals surface area contributed by atoms with E-state index in [-0.39, 0.29) is 5.56 Å². The van der Waals surface area contributed by atoms with Crippen LogP contribution in [0.25, 0.3) is 10.9 Å². The van der Waals surface area contributed by atoms with Crippen molar-refractivity contribution in [1.29, 1.82) is 0 Å². The number of esters is 1. The first-order valence-corrected chi connectivity index (χ1v) is 4.35. The highest BCUT2D eigenvalue weighted by Gasteiger charge is 2.16. The average molecular weight is 205 g/mol. The Labute approximate surface area is 85.5 Å². The van der Waals surface area contributed by atoms with Crippen LogP contribution in [0.4, 0.5) is 4.39 Å². The third-order valence-corrected chi connectivity index (χ3v) is 2.12. The van der Waals surface area contributed by atoms with Crippen LogP contribution in [0.15, 0.2) is 30.5 Å². The fourth-order valence-corrected chi connectivity index (χ4v) is 1.43. The predicted octanol–water partition coefficient (Wildman–Crippen LogP) is 2.16. The number of fused-ring (bicyclic) bond motifs is 1. The Balaban J connectivity index is 2.79. The fraction of sp³-hybridized carbons (Fsp3) is 0.0909. The molecule has 0 N–H and O–H groups in total. The minimum atomic E-state index is -0.689. The molecule has 0 aliphatic heterocycles. The van der Waals surface area contributed by atoms with Gasteiger partial charge in [-0.05, 0) is 6.07 Å². The van der Waals surface area contributed by atoms with Crippen LogP contribution in [0, 0.1) is 5.82 Å². The van der Waals surface area contributed by atoms with Crippen LogP contribution < -0.4 is 0 Å². The third-order valence-electron chi connectivity index (χ3n) is 2.12. The number of para-hydroxylation sites is 1. The summed E-state index contributed by atoms with van der Waals surface area (Å²) in [5.74, 6) is -1.35. The largest absolute Gasteiger partial charge is 0.465 e.